The van der Waals surface area contributed by atoms with Gasteiger partial charge in [0, 0.05) is 5.56 Å². The van der Waals surface area contributed by atoms with E-state index in [0.29, 0.717) is 6.61 Å². The second-order valence-corrected chi connectivity index (χ2v) is 5.39. The Morgan fingerprint density at radius 1 is 1.14 bits per heavy atom. The van der Waals surface area contributed by atoms with E-state index in [1.807, 2.05) is 57.2 Å². The molecule has 0 aliphatic heterocycles. The van der Waals surface area contributed by atoms with Crippen molar-refractivity contribution in [1.82, 2.24) is 0 Å². The lowest BCUT2D eigenvalue weighted by Crippen LogP contribution is -2.31. The summed E-state index contributed by atoms with van der Waals surface area (Å²) < 4.78 is 5.71. The average molecular weight is 310 g/mol. The average Bonchev–Trinajstić information content (AvgIpc) is 2.45. The zero-order valence-electron chi connectivity index (χ0n) is 12.7. The van der Waals surface area contributed by atoms with Gasteiger partial charge in [-0.1, -0.05) is 44.2 Å². The number of benzene rings is 2. The van der Waals surface area contributed by atoms with Gasteiger partial charge in [-0.15, -0.1) is 12.4 Å². The molecule has 0 amide bonds. The summed E-state index contributed by atoms with van der Waals surface area (Å²) in [5, 5.41) is 12.5. The molecule has 4 heteroatoms. The third-order valence-corrected chi connectivity index (χ3v) is 3.61. The molecule has 0 unspecified atom stereocenters. The van der Waals surface area contributed by atoms with Gasteiger partial charge >= 0.3 is 0 Å². The molecule has 3 nitrogen and oxygen atoms in total. The van der Waals surface area contributed by atoms with Crippen LogP contribution in [0.4, 0.5) is 0 Å². The molecule has 0 radical (unpaired) electrons. The Balaban J connectivity index is 0.00000220. The molecule has 0 aliphatic carbocycles. The highest BCUT2D eigenvalue weighted by atomic mass is 35.5. The molecular weight excluding hydrogens is 286 g/mol. The largest absolute Gasteiger partial charge is 0.494 e. The van der Waals surface area contributed by atoms with Crippen LogP contribution in [0.1, 0.15) is 32.4 Å². The zero-order chi connectivity index (χ0) is 14.7. The fourth-order valence-corrected chi connectivity index (χ4v) is 2.49. The lowest BCUT2D eigenvalue weighted by Gasteiger charge is -2.25. The maximum Gasteiger partial charge on any atom is 0.124 e. The highest BCUT2D eigenvalue weighted by Gasteiger charge is 2.25. The Kier molecular flexibility index (Phi) is 6.46. The van der Waals surface area contributed by atoms with Gasteiger partial charge in [-0.3, -0.25) is 0 Å². The van der Waals surface area contributed by atoms with Crippen LogP contribution in [-0.4, -0.2) is 17.8 Å². The second-order valence-electron chi connectivity index (χ2n) is 5.39. The molecule has 0 spiro atoms. The van der Waals surface area contributed by atoms with Gasteiger partial charge in [-0.25, -0.2) is 0 Å². The summed E-state index contributed by atoms with van der Waals surface area (Å²) in [5.74, 6) is 0.858. The van der Waals surface area contributed by atoms with Crippen LogP contribution in [0.25, 0.3) is 10.8 Å². The van der Waals surface area contributed by atoms with Crippen molar-refractivity contribution in [2.75, 3.05) is 6.61 Å². The van der Waals surface area contributed by atoms with Gasteiger partial charge in [0.15, 0.2) is 0 Å². The molecule has 0 fully saturated rings. The molecule has 0 saturated carbocycles. The molecule has 0 aliphatic rings. The highest BCUT2D eigenvalue weighted by molar-refractivity contribution is 5.88. The predicted molar refractivity (Wildman–Crippen MR) is 90.1 cm³/mol. The first-order chi connectivity index (χ1) is 9.56. The van der Waals surface area contributed by atoms with Gasteiger partial charge in [0.05, 0.1) is 18.8 Å². The number of ether oxygens (including phenoxy) is 1. The lowest BCUT2D eigenvalue weighted by atomic mass is 9.90. The monoisotopic (exact) mass is 309 g/mol. The molecule has 2 aromatic rings. The van der Waals surface area contributed by atoms with Crippen molar-refractivity contribution >= 4 is 23.2 Å². The Bertz CT molecular complexity index is 586. The van der Waals surface area contributed by atoms with Crippen LogP contribution >= 0.6 is 12.4 Å². The number of rotatable bonds is 5. The predicted octanol–water partition coefficient (Wildman–Crippen LogP) is 3.68. The minimum Gasteiger partial charge on any atom is -0.494 e. The molecule has 3 N–H and O–H groups in total. The van der Waals surface area contributed by atoms with Crippen LogP contribution in [0.2, 0.25) is 0 Å². The lowest BCUT2D eigenvalue weighted by molar-refractivity contribution is 0.0972. The molecule has 0 aromatic heterocycles. The van der Waals surface area contributed by atoms with E-state index in [2.05, 4.69) is 0 Å². The number of hydrogen-bond donors (Lipinski definition) is 2. The van der Waals surface area contributed by atoms with Crippen LogP contribution in [0.5, 0.6) is 5.75 Å². The summed E-state index contributed by atoms with van der Waals surface area (Å²) >= 11 is 0. The van der Waals surface area contributed by atoms with Crippen molar-refractivity contribution in [2.24, 2.45) is 11.7 Å². The molecule has 2 aromatic carbocycles. The molecular formula is C17H24ClNO2. The first kappa shape index (κ1) is 17.8. The Labute approximate surface area is 132 Å². The Morgan fingerprint density at radius 3 is 2.43 bits per heavy atom. The SMILES string of the molecule is CCOc1ccc2ccccc2c1[C@H](N)[C@H](O)C(C)C.Cl. The van der Waals surface area contributed by atoms with Crippen molar-refractivity contribution < 1.29 is 9.84 Å². The van der Waals surface area contributed by atoms with Crippen molar-refractivity contribution in [2.45, 2.75) is 32.9 Å². The number of halogens is 1. The molecule has 2 atom stereocenters. The quantitative estimate of drug-likeness (QED) is 0.886. The smallest absolute Gasteiger partial charge is 0.124 e. The topological polar surface area (TPSA) is 55.5 Å². The summed E-state index contributed by atoms with van der Waals surface area (Å²) in [7, 11) is 0. The van der Waals surface area contributed by atoms with Gasteiger partial charge in [0.25, 0.3) is 0 Å². The maximum atomic E-state index is 10.3. The number of fused-ring (bicyclic) bond motifs is 1. The fourth-order valence-electron chi connectivity index (χ4n) is 2.49. The third kappa shape index (κ3) is 3.67. The summed E-state index contributed by atoms with van der Waals surface area (Å²) in [4.78, 5) is 0. The minimum absolute atomic E-state index is 0. The van der Waals surface area contributed by atoms with Gasteiger partial charge in [0.2, 0.25) is 0 Å². The Morgan fingerprint density at radius 2 is 1.81 bits per heavy atom. The van der Waals surface area contributed by atoms with E-state index in [1.165, 1.54) is 0 Å². The van der Waals surface area contributed by atoms with Gasteiger partial charge < -0.3 is 15.6 Å². The minimum atomic E-state index is -0.597. The van der Waals surface area contributed by atoms with Gasteiger partial charge in [-0.2, -0.15) is 0 Å². The van der Waals surface area contributed by atoms with Crippen molar-refractivity contribution in [1.29, 1.82) is 0 Å². The molecule has 0 heterocycles. The van der Waals surface area contributed by atoms with E-state index >= 15 is 0 Å². The van der Waals surface area contributed by atoms with Crippen LogP contribution in [0.15, 0.2) is 36.4 Å². The van der Waals surface area contributed by atoms with Crippen molar-refractivity contribution in [3.05, 3.63) is 42.0 Å². The first-order valence-corrected chi connectivity index (χ1v) is 7.14. The van der Waals surface area contributed by atoms with Crippen LogP contribution in [-0.2, 0) is 0 Å². The van der Waals surface area contributed by atoms with Crippen molar-refractivity contribution in [3.8, 4) is 5.75 Å². The number of aliphatic hydroxyl groups is 1. The Hall–Kier alpha value is -1.29. The van der Waals surface area contributed by atoms with Crippen LogP contribution in [0, 0.1) is 5.92 Å². The molecule has 21 heavy (non-hydrogen) atoms. The summed E-state index contributed by atoms with van der Waals surface area (Å²) in [6.45, 7) is 6.46. The summed E-state index contributed by atoms with van der Waals surface area (Å²) in [6, 6.07) is 11.6. The highest BCUT2D eigenvalue weighted by Crippen LogP contribution is 2.35. The van der Waals surface area contributed by atoms with E-state index < -0.39 is 12.1 Å². The van der Waals surface area contributed by atoms with E-state index in [0.717, 1.165) is 22.1 Å². The van der Waals surface area contributed by atoms with Crippen LogP contribution in [0.3, 0.4) is 0 Å². The summed E-state index contributed by atoms with van der Waals surface area (Å²) in [6.07, 6.45) is -0.597. The van der Waals surface area contributed by atoms with E-state index in [9.17, 15) is 5.11 Å². The number of nitrogens with two attached hydrogens (primary N) is 1. The van der Waals surface area contributed by atoms with E-state index in [1.54, 1.807) is 0 Å². The zero-order valence-corrected chi connectivity index (χ0v) is 13.6. The second kappa shape index (κ2) is 7.64. The standard InChI is InChI=1S/C17H23NO2.ClH/c1-4-20-14-10-9-12-7-5-6-8-13(12)15(14)16(18)17(19)11(2)3;/h5-11,16-17,19H,4,18H2,1-3H3;1H/t16-,17+;/m0./s1. The normalized spacial score (nSPS) is 13.8. The maximum absolute atomic E-state index is 10.3. The molecule has 0 bridgehead atoms. The van der Waals surface area contributed by atoms with E-state index in [-0.39, 0.29) is 18.3 Å². The fraction of sp³-hybridized carbons (Fsp3) is 0.412. The van der Waals surface area contributed by atoms with Gasteiger partial charge in [-0.05, 0) is 29.7 Å². The third-order valence-electron chi connectivity index (χ3n) is 3.61. The molecule has 2 rings (SSSR count). The first-order valence-electron chi connectivity index (χ1n) is 7.14. The van der Waals surface area contributed by atoms with Crippen molar-refractivity contribution in [3.63, 3.8) is 0 Å². The molecule has 0 saturated heterocycles. The van der Waals surface area contributed by atoms with E-state index in [4.69, 9.17) is 10.5 Å². The number of hydrogen-bond acceptors (Lipinski definition) is 3. The molecule has 116 valence electrons. The number of aliphatic hydroxyl groups excluding tert-OH is 1. The summed E-state index contributed by atoms with van der Waals surface area (Å²) in [5.41, 5.74) is 7.20. The van der Waals surface area contributed by atoms with Crippen LogP contribution < -0.4 is 10.5 Å². The van der Waals surface area contributed by atoms with Gasteiger partial charge in [0.1, 0.15) is 5.75 Å².